The highest BCUT2D eigenvalue weighted by Gasteiger charge is 2.50. The van der Waals surface area contributed by atoms with Gasteiger partial charge in [0, 0.05) is 6.54 Å². The molecule has 2 N–H and O–H groups in total. The average molecular weight is 271 g/mol. The Bertz CT molecular complexity index is 514. The number of benzene rings is 1. The van der Waals surface area contributed by atoms with Crippen molar-refractivity contribution in [3.63, 3.8) is 0 Å². The molecule has 0 aliphatic heterocycles. The fourth-order valence-electron chi connectivity index (χ4n) is 1.73. The molecular formula is C11H11ClN2O4. The quantitative estimate of drug-likeness (QED) is 0.633. The van der Waals surface area contributed by atoms with Crippen LogP contribution in [0.2, 0.25) is 5.02 Å². The zero-order valence-electron chi connectivity index (χ0n) is 9.35. The highest BCUT2D eigenvalue weighted by Crippen LogP contribution is 2.46. The highest BCUT2D eigenvalue weighted by atomic mass is 35.5. The minimum Gasteiger partial charge on any atom is -0.481 e. The normalized spacial score (nSPS) is 16.1. The fraction of sp³-hybridized carbons (Fsp3) is 0.364. The number of hydrogen-bond donors (Lipinski definition) is 2. The van der Waals surface area contributed by atoms with Gasteiger partial charge < -0.3 is 10.4 Å². The van der Waals surface area contributed by atoms with E-state index in [9.17, 15) is 14.9 Å². The van der Waals surface area contributed by atoms with E-state index >= 15 is 0 Å². The minimum atomic E-state index is -0.875. The number of rotatable bonds is 5. The second kappa shape index (κ2) is 4.45. The van der Waals surface area contributed by atoms with E-state index in [0.29, 0.717) is 12.8 Å². The Kier molecular flexibility index (Phi) is 3.13. The molecule has 0 atom stereocenters. The molecule has 1 aromatic rings. The van der Waals surface area contributed by atoms with E-state index in [0.717, 1.165) is 0 Å². The molecule has 0 aromatic heterocycles. The van der Waals surface area contributed by atoms with E-state index < -0.39 is 16.3 Å². The molecular weight excluding hydrogens is 260 g/mol. The summed E-state index contributed by atoms with van der Waals surface area (Å²) in [6.07, 6.45) is 1.17. The van der Waals surface area contributed by atoms with Crippen LogP contribution in [0.1, 0.15) is 12.8 Å². The van der Waals surface area contributed by atoms with Crippen LogP contribution in [0.3, 0.4) is 0 Å². The lowest BCUT2D eigenvalue weighted by Gasteiger charge is -2.12. The Labute approximate surface area is 108 Å². The lowest BCUT2D eigenvalue weighted by atomic mass is 10.1. The van der Waals surface area contributed by atoms with Crippen molar-refractivity contribution in [1.82, 2.24) is 0 Å². The van der Waals surface area contributed by atoms with E-state index in [1.54, 1.807) is 6.07 Å². The third-order valence-corrected chi connectivity index (χ3v) is 3.40. The maximum atomic E-state index is 11.0. The van der Waals surface area contributed by atoms with Crippen molar-refractivity contribution in [2.75, 3.05) is 11.9 Å². The molecule has 0 saturated heterocycles. The first-order chi connectivity index (χ1) is 8.46. The van der Waals surface area contributed by atoms with Crippen molar-refractivity contribution in [3.05, 3.63) is 33.3 Å². The standard InChI is InChI=1S/C11H11ClN2O4/c12-7-2-1-3-8(9(7)14(17)18)13-6-11(4-5-11)10(15)16/h1-3,13H,4-6H2,(H,15,16). The number of nitrogens with one attached hydrogen (secondary N) is 1. The summed E-state index contributed by atoms with van der Waals surface area (Å²) in [5.74, 6) is -0.875. The predicted octanol–water partition coefficient (Wildman–Crippen LogP) is 2.52. The topological polar surface area (TPSA) is 92.5 Å². The lowest BCUT2D eigenvalue weighted by molar-refractivity contribution is -0.383. The summed E-state index contributed by atoms with van der Waals surface area (Å²) in [6, 6.07) is 4.52. The Morgan fingerprint density at radius 3 is 2.72 bits per heavy atom. The number of hydrogen-bond acceptors (Lipinski definition) is 4. The van der Waals surface area contributed by atoms with Crippen LogP contribution in [0.15, 0.2) is 18.2 Å². The second-order valence-electron chi connectivity index (χ2n) is 4.33. The molecule has 1 aliphatic rings. The van der Waals surface area contributed by atoms with Crippen molar-refractivity contribution in [2.24, 2.45) is 5.41 Å². The van der Waals surface area contributed by atoms with E-state index in [4.69, 9.17) is 16.7 Å². The molecule has 18 heavy (non-hydrogen) atoms. The summed E-state index contributed by atoms with van der Waals surface area (Å²) >= 11 is 5.75. The van der Waals surface area contributed by atoms with E-state index in [-0.39, 0.29) is 22.9 Å². The molecule has 7 heteroatoms. The summed E-state index contributed by atoms with van der Waals surface area (Å²) in [4.78, 5) is 21.3. The van der Waals surface area contributed by atoms with Gasteiger partial charge in [0.1, 0.15) is 10.7 Å². The van der Waals surface area contributed by atoms with E-state index in [2.05, 4.69) is 5.32 Å². The fourth-order valence-corrected chi connectivity index (χ4v) is 1.97. The van der Waals surface area contributed by atoms with Crippen LogP contribution >= 0.6 is 11.6 Å². The molecule has 1 aliphatic carbocycles. The third-order valence-electron chi connectivity index (χ3n) is 3.09. The van der Waals surface area contributed by atoms with Gasteiger partial charge in [-0.1, -0.05) is 17.7 Å². The number of nitrogens with zero attached hydrogens (tertiary/aromatic N) is 1. The summed E-state index contributed by atoms with van der Waals surface area (Å²) in [6.45, 7) is 0.170. The summed E-state index contributed by atoms with van der Waals surface area (Å²) in [5.41, 5.74) is -0.753. The van der Waals surface area contributed by atoms with Crippen LogP contribution in [0, 0.1) is 15.5 Å². The maximum Gasteiger partial charge on any atom is 0.311 e. The van der Waals surface area contributed by atoms with Gasteiger partial charge >= 0.3 is 11.7 Å². The zero-order chi connectivity index (χ0) is 13.3. The molecule has 2 rings (SSSR count). The molecule has 0 amide bonds. The van der Waals surface area contributed by atoms with Gasteiger partial charge in [-0.15, -0.1) is 0 Å². The van der Waals surface area contributed by atoms with Crippen LogP contribution in [0.25, 0.3) is 0 Å². The molecule has 96 valence electrons. The number of anilines is 1. The Hall–Kier alpha value is -1.82. The molecule has 1 aromatic carbocycles. The minimum absolute atomic E-state index is 0.0326. The monoisotopic (exact) mass is 270 g/mol. The van der Waals surface area contributed by atoms with Crippen LogP contribution in [0.5, 0.6) is 0 Å². The van der Waals surface area contributed by atoms with E-state index in [1.165, 1.54) is 12.1 Å². The van der Waals surface area contributed by atoms with Crippen LogP contribution in [-0.4, -0.2) is 22.5 Å². The SMILES string of the molecule is O=C(O)C1(CNc2cccc(Cl)c2[N+](=O)[O-])CC1. The lowest BCUT2D eigenvalue weighted by Crippen LogP contribution is -2.24. The Morgan fingerprint density at radius 2 is 2.22 bits per heavy atom. The van der Waals surface area contributed by atoms with Gasteiger partial charge in [-0.05, 0) is 25.0 Å². The first-order valence-electron chi connectivity index (χ1n) is 5.36. The highest BCUT2D eigenvalue weighted by molar-refractivity contribution is 6.33. The van der Waals surface area contributed by atoms with Crippen LogP contribution < -0.4 is 5.32 Å². The smallest absolute Gasteiger partial charge is 0.311 e. The largest absolute Gasteiger partial charge is 0.481 e. The number of aliphatic carboxylic acids is 1. The van der Waals surface area contributed by atoms with Gasteiger partial charge in [0.15, 0.2) is 0 Å². The summed E-state index contributed by atoms with van der Waals surface area (Å²) in [5, 5.41) is 22.7. The number of halogens is 1. The van der Waals surface area contributed by atoms with Crippen molar-refractivity contribution >= 4 is 28.9 Å². The molecule has 1 fully saturated rings. The molecule has 1 saturated carbocycles. The number of carbonyl (C=O) groups is 1. The second-order valence-corrected chi connectivity index (χ2v) is 4.74. The summed E-state index contributed by atoms with van der Waals surface area (Å²) in [7, 11) is 0. The van der Waals surface area contributed by atoms with Crippen molar-refractivity contribution in [1.29, 1.82) is 0 Å². The first-order valence-corrected chi connectivity index (χ1v) is 5.74. The molecule has 0 heterocycles. The van der Waals surface area contributed by atoms with Crippen molar-refractivity contribution in [2.45, 2.75) is 12.8 Å². The number of nitro benzene ring substituents is 1. The predicted molar refractivity (Wildman–Crippen MR) is 65.9 cm³/mol. The van der Waals surface area contributed by atoms with Gasteiger partial charge in [0.25, 0.3) is 0 Å². The van der Waals surface area contributed by atoms with Crippen molar-refractivity contribution < 1.29 is 14.8 Å². The molecule has 0 spiro atoms. The maximum absolute atomic E-state index is 11.0. The number of nitro groups is 1. The van der Waals surface area contributed by atoms with Gasteiger partial charge in [0.05, 0.1) is 10.3 Å². The third kappa shape index (κ3) is 2.24. The average Bonchev–Trinajstić information content (AvgIpc) is 3.06. The number of carboxylic acid groups (broad SMARTS) is 1. The number of carboxylic acids is 1. The van der Waals surface area contributed by atoms with Gasteiger partial charge in [-0.25, -0.2) is 0 Å². The first kappa shape index (κ1) is 12.6. The van der Waals surface area contributed by atoms with Gasteiger partial charge in [0.2, 0.25) is 0 Å². The Morgan fingerprint density at radius 1 is 1.56 bits per heavy atom. The zero-order valence-corrected chi connectivity index (χ0v) is 10.1. The summed E-state index contributed by atoms with van der Waals surface area (Å²) < 4.78 is 0. The van der Waals surface area contributed by atoms with E-state index in [1.807, 2.05) is 0 Å². The molecule has 6 nitrogen and oxygen atoms in total. The molecule has 0 radical (unpaired) electrons. The van der Waals surface area contributed by atoms with Crippen LogP contribution in [-0.2, 0) is 4.79 Å². The number of para-hydroxylation sites is 1. The molecule has 0 bridgehead atoms. The van der Waals surface area contributed by atoms with Crippen LogP contribution in [0.4, 0.5) is 11.4 Å². The van der Waals surface area contributed by atoms with Gasteiger partial charge in [-0.3, -0.25) is 14.9 Å². The Balaban J connectivity index is 2.17. The molecule has 0 unspecified atom stereocenters. The van der Waals surface area contributed by atoms with Crippen molar-refractivity contribution in [3.8, 4) is 0 Å². The van der Waals surface area contributed by atoms with Gasteiger partial charge in [-0.2, -0.15) is 0 Å².